The van der Waals surface area contributed by atoms with E-state index < -0.39 is 17.5 Å². The van der Waals surface area contributed by atoms with E-state index in [0.29, 0.717) is 6.29 Å². The van der Waals surface area contributed by atoms with Gasteiger partial charge in [0, 0.05) is 7.05 Å². The molecular formula is C6H8N2O3. The smallest absolute Gasteiger partial charge is 0.307 e. The maximum absolute atomic E-state index is 10.9. The number of carbonyl (C=O) groups is 3. The van der Waals surface area contributed by atoms with E-state index in [1.165, 1.54) is 14.0 Å². The Morgan fingerprint density at radius 1 is 1.55 bits per heavy atom. The van der Waals surface area contributed by atoms with E-state index in [2.05, 4.69) is 0 Å². The molecule has 0 aromatic rings. The second-order valence-electron chi connectivity index (χ2n) is 2.58. The summed E-state index contributed by atoms with van der Waals surface area (Å²) in [7, 11) is 1.40. The minimum Gasteiger partial charge on any atom is -0.307 e. The third-order valence-corrected chi connectivity index (χ3v) is 1.91. The lowest BCUT2D eigenvalue weighted by molar-refractivity contribution is -0.131. The topological polar surface area (TPSA) is 66.5 Å². The van der Waals surface area contributed by atoms with Crippen LogP contribution in [0.2, 0.25) is 0 Å². The van der Waals surface area contributed by atoms with Crippen molar-refractivity contribution in [3.63, 3.8) is 0 Å². The summed E-state index contributed by atoms with van der Waals surface area (Å²) >= 11 is 0. The fourth-order valence-corrected chi connectivity index (χ4v) is 0.803. The fraction of sp³-hybridized carbons (Fsp3) is 0.500. The van der Waals surface area contributed by atoms with Crippen molar-refractivity contribution in [3.8, 4) is 0 Å². The number of nitrogens with zero attached hydrogens (tertiary/aromatic N) is 1. The number of nitrogens with one attached hydrogen (secondary N) is 1. The fourth-order valence-electron chi connectivity index (χ4n) is 0.803. The summed E-state index contributed by atoms with van der Waals surface area (Å²) in [5.74, 6) is -0.569. The van der Waals surface area contributed by atoms with Gasteiger partial charge in [0.1, 0.15) is 0 Å². The molecule has 1 N–H and O–H groups in total. The van der Waals surface area contributed by atoms with Crippen LogP contribution < -0.4 is 5.32 Å². The molecule has 1 rings (SSSR count). The summed E-state index contributed by atoms with van der Waals surface area (Å²) in [5, 5.41) is 2.02. The van der Waals surface area contributed by atoms with Crippen molar-refractivity contribution >= 4 is 18.2 Å². The van der Waals surface area contributed by atoms with Crippen molar-refractivity contribution in [1.29, 1.82) is 0 Å². The average Bonchev–Trinajstić information content (AvgIpc) is 2.16. The van der Waals surface area contributed by atoms with Crippen molar-refractivity contribution in [2.45, 2.75) is 12.5 Å². The first-order chi connectivity index (χ1) is 5.02. The number of likely N-dealkylation sites (N-methyl/N-ethyl adjacent to an activating group) is 1. The summed E-state index contributed by atoms with van der Waals surface area (Å²) in [5.41, 5.74) is -1.32. The van der Waals surface area contributed by atoms with E-state index >= 15 is 0 Å². The van der Waals surface area contributed by atoms with Crippen molar-refractivity contribution in [2.24, 2.45) is 0 Å². The van der Waals surface area contributed by atoms with Crippen LogP contribution in [-0.2, 0) is 9.59 Å². The lowest BCUT2D eigenvalue weighted by Gasteiger charge is -2.20. The van der Waals surface area contributed by atoms with Gasteiger partial charge < -0.3 is 9.69 Å². The van der Waals surface area contributed by atoms with Gasteiger partial charge in [0.05, 0.1) is 0 Å². The molecular weight excluding hydrogens is 148 g/mol. The maximum Gasteiger partial charge on any atom is 0.325 e. The average molecular weight is 156 g/mol. The van der Waals surface area contributed by atoms with Gasteiger partial charge in [0.2, 0.25) is 0 Å². The molecule has 1 aliphatic rings. The molecule has 3 amide bonds. The summed E-state index contributed by atoms with van der Waals surface area (Å²) in [6.07, 6.45) is 0.452. The van der Waals surface area contributed by atoms with Crippen LogP contribution in [0.3, 0.4) is 0 Å². The van der Waals surface area contributed by atoms with Crippen LogP contribution in [0.25, 0.3) is 0 Å². The van der Waals surface area contributed by atoms with E-state index in [9.17, 15) is 14.4 Å². The van der Waals surface area contributed by atoms with E-state index in [1.807, 2.05) is 5.32 Å². The monoisotopic (exact) mass is 156 g/mol. The molecule has 0 unspecified atom stereocenters. The van der Waals surface area contributed by atoms with Crippen LogP contribution in [0.4, 0.5) is 4.79 Å². The Hall–Kier alpha value is -1.39. The van der Waals surface area contributed by atoms with Gasteiger partial charge in [-0.3, -0.25) is 10.1 Å². The van der Waals surface area contributed by atoms with Crippen LogP contribution in [-0.4, -0.2) is 35.7 Å². The number of urea groups is 1. The standard InChI is InChI=1S/C6H8N2O3/c1-6(3-9)4(10)7-5(11)8(6)2/h3H,1-2H3,(H,7,10,11)/t6-/m1/s1. The van der Waals surface area contributed by atoms with E-state index in [0.717, 1.165) is 4.90 Å². The van der Waals surface area contributed by atoms with Gasteiger partial charge in [0.15, 0.2) is 11.8 Å². The molecule has 1 heterocycles. The van der Waals surface area contributed by atoms with Crippen molar-refractivity contribution in [1.82, 2.24) is 10.2 Å². The molecule has 1 atom stereocenters. The highest BCUT2D eigenvalue weighted by Crippen LogP contribution is 2.15. The quantitative estimate of drug-likeness (QED) is 0.305. The summed E-state index contributed by atoms with van der Waals surface area (Å²) in [6, 6.07) is -0.537. The van der Waals surface area contributed by atoms with Crippen molar-refractivity contribution in [3.05, 3.63) is 0 Å². The van der Waals surface area contributed by atoms with Crippen LogP contribution in [0, 0.1) is 0 Å². The molecule has 5 heteroatoms. The first kappa shape index (κ1) is 7.71. The van der Waals surface area contributed by atoms with Gasteiger partial charge in [-0.1, -0.05) is 0 Å². The van der Waals surface area contributed by atoms with Gasteiger partial charge in [-0.15, -0.1) is 0 Å². The van der Waals surface area contributed by atoms with Crippen LogP contribution in [0.15, 0.2) is 0 Å². The molecule has 1 saturated heterocycles. The van der Waals surface area contributed by atoms with Crippen molar-refractivity contribution in [2.75, 3.05) is 7.05 Å². The Kier molecular flexibility index (Phi) is 1.44. The first-order valence-electron chi connectivity index (χ1n) is 3.08. The van der Waals surface area contributed by atoms with Gasteiger partial charge in [-0.25, -0.2) is 4.79 Å². The minimum atomic E-state index is -1.32. The molecule has 60 valence electrons. The van der Waals surface area contributed by atoms with Crippen LogP contribution >= 0.6 is 0 Å². The highest BCUT2D eigenvalue weighted by atomic mass is 16.2. The first-order valence-corrected chi connectivity index (χ1v) is 3.08. The maximum atomic E-state index is 10.9. The molecule has 1 fully saturated rings. The second-order valence-corrected chi connectivity index (χ2v) is 2.58. The lowest BCUT2D eigenvalue weighted by atomic mass is 10.1. The predicted octanol–water partition coefficient (Wildman–Crippen LogP) is -0.874. The number of hydrogen-bond donors (Lipinski definition) is 1. The Bertz CT molecular complexity index is 238. The van der Waals surface area contributed by atoms with Crippen molar-refractivity contribution < 1.29 is 14.4 Å². The number of amides is 3. The number of imide groups is 1. The normalized spacial score (nSPS) is 30.5. The molecule has 0 aliphatic carbocycles. The Balaban J connectivity index is 3.05. The zero-order valence-electron chi connectivity index (χ0n) is 6.25. The van der Waals surface area contributed by atoms with Gasteiger partial charge in [-0.05, 0) is 6.92 Å². The Morgan fingerprint density at radius 3 is 2.27 bits per heavy atom. The van der Waals surface area contributed by atoms with Gasteiger partial charge >= 0.3 is 6.03 Å². The molecule has 11 heavy (non-hydrogen) atoms. The van der Waals surface area contributed by atoms with Gasteiger partial charge in [-0.2, -0.15) is 0 Å². The third-order valence-electron chi connectivity index (χ3n) is 1.91. The van der Waals surface area contributed by atoms with Gasteiger partial charge in [0.25, 0.3) is 5.91 Å². The largest absolute Gasteiger partial charge is 0.325 e. The lowest BCUT2D eigenvalue weighted by Crippen LogP contribution is -2.46. The Labute approximate surface area is 63.4 Å². The molecule has 0 spiro atoms. The Morgan fingerprint density at radius 2 is 2.09 bits per heavy atom. The number of hydrogen-bond acceptors (Lipinski definition) is 3. The summed E-state index contributed by atoms with van der Waals surface area (Å²) < 4.78 is 0. The van der Waals surface area contributed by atoms with E-state index in [-0.39, 0.29) is 0 Å². The molecule has 5 nitrogen and oxygen atoms in total. The predicted molar refractivity (Wildman–Crippen MR) is 35.8 cm³/mol. The molecule has 0 radical (unpaired) electrons. The number of aldehydes is 1. The summed E-state index contributed by atoms with van der Waals surface area (Å²) in [4.78, 5) is 33.2. The SMILES string of the molecule is CN1C(=O)NC(=O)[C@@]1(C)C=O. The van der Waals surface area contributed by atoms with E-state index in [1.54, 1.807) is 0 Å². The molecule has 0 aromatic heterocycles. The van der Waals surface area contributed by atoms with Crippen LogP contribution in [0.5, 0.6) is 0 Å². The molecule has 0 aromatic carbocycles. The third kappa shape index (κ3) is 0.806. The summed E-state index contributed by atoms with van der Waals surface area (Å²) in [6.45, 7) is 1.39. The number of carbonyl (C=O) groups excluding carboxylic acids is 3. The number of rotatable bonds is 1. The second kappa shape index (κ2) is 2.05. The molecule has 1 aliphatic heterocycles. The minimum absolute atomic E-state index is 0.452. The molecule has 0 saturated carbocycles. The highest BCUT2D eigenvalue weighted by molar-refractivity contribution is 6.14. The zero-order chi connectivity index (χ0) is 8.65. The highest BCUT2D eigenvalue weighted by Gasteiger charge is 2.47. The van der Waals surface area contributed by atoms with E-state index in [4.69, 9.17) is 0 Å². The van der Waals surface area contributed by atoms with Crippen LogP contribution in [0.1, 0.15) is 6.92 Å². The molecule has 0 bridgehead atoms. The zero-order valence-corrected chi connectivity index (χ0v) is 6.25.